The van der Waals surface area contributed by atoms with Gasteiger partial charge in [-0.2, -0.15) is 5.10 Å². The first kappa shape index (κ1) is 17.1. The molecule has 2 aromatic carbocycles. The number of carbonyl (C=O) groups excluding carboxylic acids is 1. The predicted molar refractivity (Wildman–Crippen MR) is 101 cm³/mol. The minimum Gasteiger partial charge on any atom is -0.324 e. The van der Waals surface area contributed by atoms with E-state index in [9.17, 15) is 9.59 Å². The molecule has 0 aliphatic rings. The summed E-state index contributed by atoms with van der Waals surface area (Å²) in [6.45, 7) is 1.83. The Morgan fingerprint density at radius 3 is 2.52 bits per heavy atom. The fourth-order valence-electron chi connectivity index (χ4n) is 2.44. The molecule has 0 fully saturated rings. The van der Waals surface area contributed by atoms with Crippen LogP contribution < -0.4 is 10.9 Å². The van der Waals surface area contributed by atoms with Gasteiger partial charge in [-0.3, -0.25) is 9.59 Å². The van der Waals surface area contributed by atoms with Gasteiger partial charge >= 0.3 is 0 Å². The molecule has 0 saturated carbocycles. The van der Waals surface area contributed by atoms with Crippen LogP contribution in [0.3, 0.4) is 0 Å². The normalized spacial score (nSPS) is 10.5. The van der Waals surface area contributed by atoms with Crippen LogP contribution in [0.25, 0.3) is 11.3 Å². The van der Waals surface area contributed by atoms with E-state index in [-0.39, 0.29) is 18.0 Å². The van der Waals surface area contributed by atoms with Crippen molar-refractivity contribution in [2.45, 2.75) is 13.5 Å². The molecule has 3 rings (SSSR count). The Kier molecular flexibility index (Phi) is 5.09. The third kappa shape index (κ3) is 4.22. The van der Waals surface area contributed by atoms with E-state index in [1.165, 1.54) is 10.7 Å². The first-order valence-corrected chi connectivity index (χ1v) is 8.52. The van der Waals surface area contributed by atoms with Gasteiger partial charge in [-0.1, -0.05) is 40.2 Å². The zero-order valence-corrected chi connectivity index (χ0v) is 15.2. The zero-order chi connectivity index (χ0) is 17.8. The Labute approximate surface area is 153 Å². The van der Waals surface area contributed by atoms with E-state index in [1.807, 2.05) is 43.3 Å². The minimum atomic E-state index is -0.316. The van der Waals surface area contributed by atoms with Gasteiger partial charge in [-0.15, -0.1) is 0 Å². The Morgan fingerprint density at radius 1 is 1.08 bits per heavy atom. The van der Waals surface area contributed by atoms with E-state index in [2.05, 4.69) is 26.3 Å². The lowest BCUT2D eigenvalue weighted by Crippen LogP contribution is -2.29. The summed E-state index contributed by atoms with van der Waals surface area (Å²) in [5.74, 6) is -0.307. The summed E-state index contributed by atoms with van der Waals surface area (Å²) in [6.07, 6.45) is 0. The van der Waals surface area contributed by atoms with Crippen LogP contribution in [-0.4, -0.2) is 15.7 Å². The number of anilines is 1. The van der Waals surface area contributed by atoms with Crippen molar-refractivity contribution >= 4 is 27.5 Å². The molecule has 3 aromatic rings. The average Bonchev–Trinajstić information content (AvgIpc) is 2.59. The number of amides is 1. The maximum Gasteiger partial charge on any atom is 0.267 e. The summed E-state index contributed by atoms with van der Waals surface area (Å²) in [5, 5.41) is 7.09. The van der Waals surface area contributed by atoms with Crippen molar-refractivity contribution in [2.24, 2.45) is 0 Å². The molecular weight excluding hydrogens is 382 g/mol. The molecule has 1 aromatic heterocycles. The summed E-state index contributed by atoms with van der Waals surface area (Å²) in [5.41, 5.74) is 3.00. The highest BCUT2D eigenvalue weighted by Crippen LogP contribution is 2.19. The van der Waals surface area contributed by atoms with Crippen molar-refractivity contribution in [3.05, 3.63) is 81.1 Å². The van der Waals surface area contributed by atoms with Crippen LogP contribution in [0.4, 0.5) is 5.69 Å². The molecule has 6 heteroatoms. The summed E-state index contributed by atoms with van der Waals surface area (Å²) in [7, 11) is 0. The van der Waals surface area contributed by atoms with Gasteiger partial charge in [0.1, 0.15) is 6.54 Å². The number of hydrogen-bond acceptors (Lipinski definition) is 3. The highest BCUT2D eigenvalue weighted by molar-refractivity contribution is 9.10. The van der Waals surface area contributed by atoms with Crippen LogP contribution in [0, 0.1) is 6.92 Å². The van der Waals surface area contributed by atoms with E-state index in [1.54, 1.807) is 18.2 Å². The second kappa shape index (κ2) is 7.44. The molecular formula is C19H16BrN3O2. The van der Waals surface area contributed by atoms with E-state index in [4.69, 9.17) is 0 Å². The molecule has 5 nitrogen and oxygen atoms in total. The topological polar surface area (TPSA) is 64.0 Å². The van der Waals surface area contributed by atoms with E-state index < -0.39 is 0 Å². The van der Waals surface area contributed by atoms with Gasteiger partial charge in [0.2, 0.25) is 5.91 Å². The van der Waals surface area contributed by atoms with Crippen LogP contribution in [0.2, 0.25) is 0 Å². The third-order valence-corrected chi connectivity index (χ3v) is 4.24. The predicted octanol–water partition coefficient (Wildman–Crippen LogP) is 3.62. The molecule has 0 aliphatic heterocycles. The van der Waals surface area contributed by atoms with E-state index in [0.717, 1.165) is 15.6 Å². The standard InChI is InChI=1S/C19H16BrN3O2/c1-13-4-2-3-5-16(13)17-10-11-19(25)23(22-17)12-18(24)21-15-8-6-14(20)7-9-15/h2-11H,12H2,1H3,(H,21,24). The number of benzene rings is 2. The van der Waals surface area contributed by atoms with Crippen LogP contribution in [0.1, 0.15) is 5.56 Å². The lowest BCUT2D eigenvalue weighted by Gasteiger charge is -2.09. The number of aryl methyl sites for hydroxylation is 1. The quantitative estimate of drug-likeness (QED) is 0.730. The van der Waals surface area contributed by atoms with Gasteiger partial charge in [0, 0.05) is 21.8 Å². The lowest BCUT2D eigenvalue weighted by molar-refractivity contribution is -0.117. The first-order chi connectivity index (χ1) is 12.0. The fraction of sp³-hybridized carbons (Fsp3) is 0.105. The van der Waals surface area contributed by atoms with Gasteiger partial charge in [-0.05, 0) is 42.8 Å². The largest absolute Gasteiger partial charge is 0.324 e. The Morgan fingerprint density at radius 2 is 1.80 bits per heavy atom. The molecule has 1 amide bonds. The van der Waals surface area contributed by atoms with Crippen molar-refractivity contribution in [1.29, 1.82) is 0 Å². The molecule has 0 aliphatic carbocycles. The fourth-order valence-corrected chi connectivity index (χ4v) is 2.70. The number of rotatable bonds is 4. The van der Waals surface area contributed by atoms with Crippen LogP contribution in [-0.2, 0) is 11.3 Å². The molecule has 1 N–H and O–H groups in total. The van der Waals surface area contributed by atoms with Crippen molar-refractivity contribution in [2.75, 3.05) is 5.32 Å². The number of hydrogen-bond donors (Lipinski definition) is 1. The monoisotopic (exact) mass is 397 g/mol. The molecule has 126 valence electrons. The average molecular weight is 398 g/mol. The second-order valence-electron chi connectivity index (χ2n) is 5.58. The molecule has 0 radical (unpaired) electrons. The van der Waals surface area contributed by atoms with Gasteiger partial charge in [0.15, 0.2) is 0 Å². The molecule has 0 bridgehead atoms. The number of aromatic nitrogens is 2. The lowest BCUT2D eigenvalue weighted by atomic mass is 10.1. The first-order valence-electron chi connectivity index (χ1n) is 7.72. The molecule has 1 heterocycles. The van der Waals surface area contributed by atoms with Crippen molar-refractivity contribution < 1.29 is 4.79 Å². The van der Waals surface area contributed by atoms with Crippen molar-refractivity contribution in [3.8, 4) is 11.3 Å². The smallest absolute Gasteiger partial charge is 0.267 e. The summed E-state index contributed by atoms with van der Waals surface area (Å²) >= 11 is 3.34. The van der Waals surface area contributed by atoms with Crippen molar-refractivity contribution in [3.63, 3.8) is 0 Å². The SMILES string of the molecule is Cc1ccccc1-c1ccc(=O)n(CC(=O)Nc2ccc(Br)cc2)n1. The number of halogens is 1. The summed E-state index contributed by atoms with van der Waals surface area (Å²) in [6, 6.07) is 18.1. The zero-order valence-electron chi connectivity index (χ0n) is 13.6. The number of nitrogens with one attached hydrogen (secondary N) is 1. The van der Waals surface area contributed by atoms with Crippen LogP contribution in [0.15, 0.2) is 69.9 Å². The minimum absolute atomic E-state index is 0.144. The molecule has 0 saturated heterocycles. The van der Waals surface area contributed by atoms with Crippen LogP contribution >= 0.6 is 15.9 Å². The highest BCUT2D eigenvalue weighted by Gasteiger charge is 2.09. The summed E-state index contributed by atoms with van der Waals surface area (Å²) in [4.78, 5) is 24.2. The molecule has 0 atom stereocenters. The van der Waals surface area contributed by atoms with Gasteiger partial charge in [0.25, 0.3) is 5.56 Å². The molecule has 25 heavy (non-hydrogen) atoms. The Hall–Kier alpha value is -2.73. The maximum absolute atomic E-state index is 12.2. The number of carbonyl (C=O) groups is 1. The highest BCUT2D eigenvalue weighted by atomic mass is 79.9. The summed E-state index contributed by atoms with van der Waals surface area (Å²) < 4.78 is 2.10. The molecule has 0 unspecified atom stereocenters. The maximum atomic E-state index is 12.2. The van der Waals surface area contributed by atoms with E-state index in [0.29, 0.717) is 11.4 Å². The third-order valence-electron chi connectivity index (χ3n) is 3.71. The second-order valence-corrected chi connectivity index (χ2v) is 6.50. The van der Waals surface area contributed by atoms with Gasteiger partial charge in [-0.25, -0.2) is 4.68 Å². The van der Waals surface area contributed by atoms with Gasteiger partial charge in [0.05, 0.1) is 5.69 Å². The Bertz CT molecular complexity index is 965. The van der Waals surface area contributed by atoms with Crippen molar-refractivity contribution in [1.82, 2.24) is 9.78 Å². The van der Waals surface area contributed by atoms with E-state index >= 15 is 0 Å². The van der Waals surface area contributed by atoms with Gasteiger partial charge < -0.3 is 5.32 Å². The Balaban J connectivity index is 1.81. The molecule has 0 spiro atoms. The van der Waals surface area contributed by atoms with Crippen LogP contribution in [0.5, 0.6) is 0 Å². The number of nitrogens with zero attached hydrogens (tertiary/aromatic N) is 2.